The number of piperidine rings is 1. The summed E-state index contributed by atoms with van der Waals surface area (Å²) in [5.41, 5.74) is 7.08. The number of aromatic amines is 1. The number of hydrogen-bond acceptors (Lipinski definition) is 3. The summed E-state index contributed by atoms with van der Waals surface area (Å²) in [6, 6.07) is 9.27. The standard InChI is InChI=1S/C32H34FN7O/c1-36-9-5-32(21-36)6-10-37(11-7-32)31(41)39-13-12-38-20-27(24-15-23(33)14-22(19-39)30(24)38)25-16-34-17-26(25)28-18-35-29-4-2-3-8-40(28)29/h2-4,8,14-18,20,34H,5-7,9-13,19,21H2,1H3. The zero-order chi connectivity index (χ0) is 27.7. The van der Waals surface area contributed by atoms with Crippen LogP contribution in [0, 0.1) is 11.2 Å². The van der Waals surface area contributed by atoms with Crippen molar-refractivity contribution in [1.82, 2.24) is 33.6 Å². The number of fused-ring (bicyclic) bond motifs is 1. The fourth-order valence-corrected chi connectivity index (χ4v) is 7.55. The zero-order valence-corrected chi connectivity index (χ0v) is 23.3. The summed E-state index contributed by atoms with van der Waals surface area (Å²) in [6.45, 7) is 5.57. The second-order valence-electron chi connectivity index (χ2n) is 12.2. The summed E-state index contributed by atoms with van der Waals surface area (Å²) in [5, 5.41) is 0.870. The average molecular weight is 552 g/mol. The third-order valence-electron chi connectivity index (χ3n) is 9.71. The molecule has 0 aliphatic carbocycles. The molecule has 3 aliphatic rings. The van der Waals surface area contributed by atoms with Crippen LogP contribution in [0.15, 0.2) is 61.3 Å². The molecule has 0 bridgehead atoms. The number of amides is 2. The molecular weight excluding hydrogens is 517 g/mol. The molecule has 4 aromatic heterocycles. The SMILES string of the molecule is CN1CCC2(CCN(C(=O)N3CCn4cc(-c5c[nH]cc5-c5cnc6ccccn56)c5cc(F)cc(c54)C3)CC2)C1. The number of halogens is 1. The fraction of sp³-hybridized carbons (Fsp3) is 0.375. The fourth-order valence-electron chi connectivity index (χ4n) is 7.55. The molecule has 0 radical (unpaired) electrons. The van der Waals surface area contributed by atoms with E-state index in [0.29, 0.717) is 25.0 Å². The lowest BCUT2D eigenvalue weighted by Gasteiger charge is -2.41. The Kier molecular flexibility index (Phi) is 5.54. The second-order valence-corrected chi connectivity index (χ2v) is 12.2. The number of hydrogen-bond donors (Lipinski definition) is 1. The number of pyridine rings is 1. The molecular formula is C32H34FN7O. The van der Waals surface area contributed by atoms with Gasteiger partial charge in [-0.3, -0.25) is 4.40 Å². The summed E-state index contributed by atoms with van der Waals surface area (Å²) in [7, 11) is 2.20. The molecule has 2 fully saturated rings. The van der Waals surface area contributed by atoms with E-state index in [1.54, 1.807) is 12.1 Å². The van der Waals surface area contributed by atoms with Gasteiger partial charge in [0.15, 0.2) is 0 Å². The number of aromatic nitrogens is 4. The van der Waals surface area contributed by atoms with E-state index in [4.69, 9.17) is 0 Å². The number of likely N-dealkylation sites (tertiary alicyclic amines) is 2. The Hall–Kier alpha value is -4.11. The maximum Gasteiger partial charge on any atom is 0.320 e. The van der Waals surface area contributed by atoms with Crippen LogP contribution in [-0.4, -0.2) is 79.4 Å². The summed E-state index contributed by atoms with van der Waals surface area (Å²) in [5.74, 6) is -0.280. The molecule has 2 amide bonds. The highest BCUT2D eigenvalue weighted by Crippen LogP contribution is 2.41. The average Bonchev–Trinajstić information content (AvgIpc) is 3.74. The number of carbonyl (C=O) groups is 1. The Morgan fingerprint density at radius 2 is 1.80 bits per heavy atom. The third kappa shape index (κ3) is 3.97. The molecule has 8 nitrogen and oxygen atoms in total. The minimum Gasteiger partial charge on any atom is -0.366 e. The van der Waals surface area contributed by atoms with Crippen molar-refractivity contribution in [2.24, 2.45) is 5.41 Å². The molecule has 0 atom stereocenters. The van der Waals surface area contributed by atoms with Crippen molar-refractivity contribution in [3.05, 3.63) is 72.7 Å². The van der Waals surface area contributed by atoms with Crippen molar-refractivity contribution < 1.29 is 9.18 Å². The number of imidazole rings is 1. The molecule has 2 saturated heterocycles. The Balaban J connectivity index is 1.11. The van der Waals surface area contributed by atoms with Crippen molar-refractivity contribution in [3.63, 3.8) is 0 Å². The van der Waals surface area contributed by atoms with E-state index in [9.17, 15) is 4.79 Å². The van der Waals surface area contributed by atoms with Gasteiger partial charge in [0.25, 0.3) is 0 Å². The van der Waals surface area contributed by atoms with Gasteiger partial charge in [-0.1, -0.05) is 6.07 Å². The Morgan fingerprint density at radius 3 is 2.63 bits per heavy atom. The summed E-state index contributed by atoms with van der Waals surface area (Å²) < 4.78 is 19.5. The highest BCUT2D eigenvalue weighted by Gasteiger charge is 2.41. The first-order valence-corrected chi connectivity index (χ1v) is 14.6. The molecule has 1 N–H and O–H groups in total. The van der Waals surface area contributed by atoms with Crippen molar-refractivity contribution >= 4 is 22.6 Å². The normalized spacial score (nSPS) is 19.1. The van der Waals surface area contributed by atoms with Crippen LogP contribution >= 0.6 is 0 Å². The minimum atomic E-state index is -0.280. The molecule has 8 rings (SSSR count). The lowest BCUT2D eigenvalue weighted by molar-refractivity contribution is 0.0981. The molecule has 1 spiro atoms. The van der Waals surface area contributed by atoms with Crippen molar-refractivity contribution in [1.29, 1.82) is 0 Å². The van der Waals surface area contributed by atoms with E-state index in [1.165, 1.54) is 6.42 Å². The Morgan fingerprint density at radius 1 is 0.976 bits per heavy atom. The number of nitrogens with zero attached hydrogens (tertiary/aromatic N) is 6. The van der Waals surface area contributed by atoms with Gasteiger partial charge in [0.05, 0.1) is 17.4 Å². The van der Waals surface area contributed by atoms with Crippen molar-refractivity contribution in [2.75, 3.05) is 39.8 Å². The highest BCUT2D eigenvalue weighted by atomic mass is 19.1. The topological polar surface area (TPSA) is 64.8 Å². The van der Waals surface area contributed by atoms with Crippen LogP contribution in [0.3, 0.4) is 0 Å². The van der Waals surface area contributed by atoms with Gasteiger partial charge in [-0.15, -0.1) is 0 Å². The van der Waals surface area contributed by atoms with E-state index in [0.717, 1.165) is 83.5 Å². The first-order chi connectivity index (χ1) is 20.0. The molecule has 9 heteroatoms. The molecule has 1 aromatic carbocycles. The number of urea groups is 1. The van der Waals surface area contributed by atoms with Crippen LogP contribution < -0.4 is 0 Å². The molecule has 41 heavy (non-hydrogen) atoms. The van der Waals surface area contributed by atoms with Gasteiger partial charge in [0.2, 0.25) is 0 Å². The van der Waals surface area contributed by atoms with Gasteiger partial charge >= 0.3 is 6.03 Å². The van der Waals surface area contributed by atoms with E-state index >= 15 is 4.39 Å². The highest BCUT2D eigenvalue weighted by molar-refractivity contribution is 6.01. The van der Waals surface area contributed by atoms with Crippen LogP contribution in [0.4, 0.5) is 9.18 Å². The number of carbonyl (C=O) groups excluding carboxylic acids is 1. The predicted octanol–water partition coefficient (Wildman–Crippen LogP) is 5.44. The maximum atomic E-state index is 15.2. The monoisotopic (exact) mass is 551 g/mol. The van der Waals surface area contributed by atoms with Crippen molar-refractivity contribution in [2.45, 2.75) is 32.4 Å². The second kappa shape index (κ2) is 9.21. The maximum absolute atomic E-state index is 15.2. The van der Waals surface area contributed by atoms with Crippen LogP contribution in [0.25, 0.3) is 38.9 Å². The van der Waals surface area contributed by atoms with Crippen molar-refractivity contribution in [3.8, 4) is 22.4 Å². The molecule has 3 aliphatic heterocycles. The number of benzene rings is 1. The smallest absolute Gasteiger partial charge is 0.320 e. The first-order valence-electron chi connectivity index (χ1n) is 14.6. The third-order valence-corrected chi connectivity index (χ3v) is 9.71. The lowest BCUT2D eigenvalue weighted by atomic mass is 9.78. The summed E-state index contributed by atoms with van der Waals surface area (Å²) >= 11 is 0. The van der Waals surface area contributed by atoms with E-state index in [-0.39, 0.29) is 11.8 Å². The predicted molar refractivity (Wildman–Crippen MR) is 157 cm³/mol. The minimum absolute atomic E-state index is 0.0788. The molecule has 0 saturated carbocycles. The van der Waals surface area contributed by atoms with Gasteiger partial charge < -0.3 is 24.3 Å². The zero-order valence-electron chi connectivity index (χ0n) is 23.3. The van der Waals surface area contributed by atoms with Gasteiger partial charge in [0, 0.05) is 86.1 Å². The van der Waals surface area contributed by atoms with Gasteiger partial charge in [-0.25, -0.2) is 14.2 Å². The van der Waals surface area contributed by atoms with Crippen LogP contribution in [-0.2, 0) is 13.1 Å². The van der Waals surface area contributed by atoms with E-state index in [1.807, 2.05) is 52.8 Å². The van der Waals surface area contributed by atoms with Crippen LogP contribution in [0.1, 0.15) is 24.8 Å². The van der Waals surface area contributed by atoms with Crippen LogP contribution in [0.5, 0.6) is 0 Å². The molecule has 0 unspecified atom stereocenters. The van der Waals surface area contributed by atoms with E-state index < -0.39 is 0 Å². The quantitative estimate of drug-likeness (QED) is 0.318. The number of nitrogens with one attached hydrogen (secondary N) is 1. The number of rotatable bonds is 2. The van der Waals surface area contributed by atoms with Gasteiger partial charge in [0.1, 0.15) is 11.5 Å². The van der Waals surface area contributed by atoms with E-state index in [2.05, 4.69) is 37.1 Å². The summed E-state index contributed by atoms with van der Waals surface area (Å²) in [4.78, 5) is 27.9. The molecule has 7 heterocycles. The Labute approximate surface area is 238 Å². The summed E-state index contributed by atoms with van der Waals surface area (Å²) in [6.07, 6.45) is 13.3. The molecule has 210 valence electrons. The largest absolute Gasteiger partial charge is 0.366 e. The molecule has 5 aromatic rings. The number of H-pyrrole nitrogens is 1. The Bertz CT molecular complexity index is 1790. The lowest BCUT2D eigenvalue weighted by Crippen LogP contribution is -2.49. The van der Waals surface area contributed by atoms with Gasteiger partial charge in [-0.2, -0.15) is 0 Å². The van der Waals surface area contributed by atoms with Crippen LogP contribution in [0.2, 0.25) is 0 Å². The van der Waals surface area contributed by atoms with Gasteiger partial charge in [-0.05, 0) is 68.1 Å². The first kappa shape index (κ1) is 24.7.